The molecule has 3 rings (SSSR count). The Balaban J connectivity index is 1.98. The fourth-order valence-electron chi connectivity index (χ4n) is 2.31. The zero-order chi connectivity index (χ0) is 14.3. The first kappa shape index (κ1) is 14.5. The van der Waals surface area contributed by atoms with Crippen LogP contribution in [0.5, 0.6) is 5.75 Å². The van der Waals surface area contributed by atoms with Crippen molar-refractivity contribution in [1.82, 2.24) is 4.98 Å². The van der Waals surface area contributed by atoms with E-state index in [0.29, 0.717) is 6.42 Å². The Hall–Kier alpha value is -0.430. The molecule has 1 aliphatic heterocycles. The average Bonchev–Trinajstić information content (AvgIpc) is 2.37. The Labute approximate surface area is 142 Å². The molecule has 2 heterocycles. The van der Waals surface area contributed by atoms with E-state index in [1.54, 1.807) is 6.20 Å². The predicted octanol–water partition coefficient (Wildman–Crippen LogP) is 4.89. The van der Waals surface area contributed by atoms with Gasteiger partial charge in [-0.15, -0.1) is 0 Å². The molecule has 0 aliphatic carbocycles. The van der Waals surface area contributed by atoms with Gasteiger partial charge >= 0.3 is 0 Å². The molecule has 104 valence electrons. The van der Waals surface area contributed by atoms with Crippen LogP contribution in [0.15, 0.2) is 43.9 Å². The minimum absolute atomic E-state index is 0.0470. The molecule has 2 atom stereocenters. The quantitative estimate of drug-likeness (QED) is 0.656. The number of ether oxygens (including phenoxy) is 1. The van der Waals surface area contributed by atoms with E-state index >= 15 is 0 Å². The molecule has 0 saturated carbocycles. The van der Waals surface area contributed by atoms with Crippen LogP contribution in [0.2, 0.25) is 0 Å². The monoisotopic (exact) mass is 460 g/mol. The van der Waals surface area contributed by atoms with Crippen molar-refractivity contribution in [2.24, 2.45) is 5.73 Å². The summed E-state index contributed by atoms with van der Waals surface area (Å²) in [6.45, 7) is 0. The largest absolute Gasteiger partial charge is 0.484 e. The van der Waals surface area contributed by atoms with Crippen molar-refractivity contribution in [1.29, 1.82) is 0 Å². The van der Waals surface area contributed by atoms with Gasteiger partial charge in [0.25, 0.3) is 0 Å². The number of rotatable bonds is 1. The Kier molecular flexibility index (Phi) is 4.17. The van der Waals surface area contributed by atoms with Gasteiger partial charge in [0.1, 0.15) is 11.9 Å². The zero-order valence-corrected chi connectivity index (χ0v) is 15.1. The van der Waals surface area contributed by atoms with Crippen molar-refractivity contribution in [2.45, 2.75) is 18.6 Å². The number of aromatic nitrogens is 1. The second-order valence-electron chi connectivity index (χ2n) is 4.65. The molecule has 2 aromatic rings. The van der Waals surface area contributed by atoms with Gasteiger partial charge in [-0.05, 0) is 50.1 Å². The van der Waals surface area contributed by atoms with E-state index < -0.39 is 0 Å². The van der Waals surface area contributed by atoms with Crippen LogP contribution in [0.4, 0.5) is 0 Å². The summed E-state index contributed by atoms with van der Waals surface area (Å²) in [5, 5.41) is 0. The van der Waals surface area contributed by atoms with Gasteiger partial charge in [0.15, 0.2) is 0 Å². The van der Waals surface area contributed by atoms with Gasteiger partial charge in [-0.1, -0.05) is 22.0 Å². The lowest BCUT2D eigenvalue weighted by molar-refractivity contribution is 0.156. The molecule has 0 saturated heterocycles. The van der Waals surface area contributed by atoms with Crippen molar-refractivity contribution >= 4 is 47.8 Å². The Morgan fingerprint density at radius 1 is 1.15 bits per heavy atom. The normalized spacial score (nSPS) is 21.2. The predicted molar refractivity (Wildman–Crippen MR) is 88.7 cm³/mol. The maximum absolute atomic E-state index is 6.26. The van der Waals surface area contributed by atoms with Crippen molar-refractivity contribution in [3.8, 4) is 5.75 Å². The maximum Gasteiger partial charge on any atom is 0.143 e. The molecule has 0 amide bonds. The average molecular weight is 463 g/mol. The first-order valence-electron chi connectivity index (χ1n) is 6.07. The van der Waals surface area contributed by atoms with E-state index in [2.05, 4.69) is 52.8 Å². The van der Waals surface area contributed by atoms with Crippen LogP contribution >= 0.6 is 47.8 Å². The number of nitrogens with two attached hydrogens (primary N) is 1. The Bertz CT molecular complexity index is 663. The molecule has 0 spiro atoms. The van der Waals surface area contributed by atoms with Crippen molar-refractivity contribution in [2.75, 3.05) is 0 Å². The second-order valence-corrected chi connectivity index (χ2v) is 7.34. The highest BCUT2D eigenvalue weighted by Gasteiger charge is 2.29. The molecular weight excluding hydrogens is 452 g/mol. The van der Waals surface area contributed by atoms with E-state index in [0.717, 1.165) is 30.4 Å². The third-order valence-corrected chi connectivity index (χ3v) is 4.82. The van der Waals surface area contributed by atoms with Crippen molar-refractivity contribution < 1.29 is 4.74 Å². The van der Waals surface area contributed by atoms with E-state index in [9.17, 15) is 0 Å². The van der Waals surface area contributed by atoms with Gasteiger partial charge < -0.3 is 10.5 Å². The summed E-state index contributed by atoms with van der Waals surface area (Å²) >= 11 is 10.4. The third kappa shape index (κ3) is 2.79. The lowest BCUT2D eigenvalue weighted by Gasteiger charge is -2.30. The molecule has 6 heteroatoms. The van der Waals surface area contributed by atoms with E-state index in [4.69, 9.17) is 10.5 Å². The molecule has 0 fully saturated rings. The number of halogens is 3. The second kappa shape index (κ2) is 5.75. The van der Waals surface area contributed by atoms with Crippen LogP contribution in [0.3, 0.4) is 0 Å². The molecule has 2 N–H and O–H groups in total. The minimum atomic E-state index is -0.144. The van der Waals surface area contributed by atoms with Crippen molar-refractivity contribution in [3.63, 3.8) is 0 Å². The summed E-state index contributed by atoms with van der Waals surface area (Å²) < 4.78 is 8.90. The van der Waals surface area contributed by atoms with Gasteiger partial charge in [-0.25, -0.2) is 0 Å². The van der Waals surface area contributed by atoms with Crippen LogP contribution in [-0.4, -0.2) is 4.98 Å². The summed E-state index contributed by atoms with van der Waals surface area (Å²) in [6, 6.07) is 7.86. The number of pyridine rings is 1. The number of fused-ring (bicyclic) bond motifs is 1. The topological polar surface area (TPSA) is 48.1 Å². The smallest absolute Gasteiger partial charge is 0.143 e. The minimum Gasteiger partial charge on any atom is -0.484 e. The van der Waals surface area contributed by atoms with Gasteiger partial charge in [0.05, 0.1) is 5.69 Å². The summed E-state index contributed by atoms with van der Waals surface area (Å²) in [7, 11) is 0. The van der Waals surface area contributed by atoms with Gasteiger partial charge in [0.2, 0.25) is 0 Å². The summed E-state index contributed by atoms with van der Waals surface area (Å²) in [5.74, 6) is 0.819. The van der Waals surface area contributed by atoms with Crippen molar-refractivity contribution in [3.05, 3.63) is 55.1 Å². The van der Waals surface area contributed by atoms with E-state index in [1.165, 1.54) is 0 Å². The van der Waals surface area contributed by atoms with E-state index in [-0.39, 0.29) is 12.1 Å². The SMILES string of the molecule is NC1CC(c2ncc(Br)cc2Br)Oc2cc(Br)ccc21. The molecule has 0 radical (unpaired) electrons. The standard InChI is InChI=1S/C14H11Br3N2O/c15-7-1-2-9-11(18)5-13(20-12(9)4-7)14-10(17)3-8(16)6-19-14/h1-4,6,11,13H,5,18H2. The maximum atomic E-state index is 6.26. The first-order valence-corrected chi connectivity index (χ1v) is 8.45. The molecule has 3 nitrogen and oxygen atoms in total. The lowest BCUT2D eigenvalue weighted by Crippen LogP contribution is -2.25. The molecule has 0 bridgehead atoms. The summed E-state index contributed by atoms with van der Waals surface area (Å²) in [5.41, 5.74) is 8.17. The summed E-state index contributed by atoms with van der Waals surface area (Å²) in [4.78, 5) is 4.45. The number of benzene rings is 1. The number of nitrogens with zero attached hydrogens (tertiary/aromatic N) is 1. The van der Waals surface area contributed by atoms with Crippen LogP contribution < -0.4 is 10.5 Å². The van der Waals surface area contributed by atoms with Gasteiger partial charge in [0, 0.05) is 37.6 Å². The van der Waals surface area contributed by atoms with E-state index in [1.807, 2.05) is 24.3 Å². The fourth-order valence-corrected chi connectivity index (χ4v) is 3.89. The Morgan fingerprint density at radius 2 is 1.95 bits per heavy atom. The first-order chi connectivity index (χ1) is 9.54. The fraction of sp³-hybridized carbons (Fsp3) is 0.214. The Morgan fingerprint density at radius 3 is 2.70 bits per heavy atom. The van der Waals surface area contributed by atoms with Gasteiger partial charge in [-0.2, -0.15) is 0 Å². The molecular formula is C14H11Br3N2O. The lowest BCUT2D eigenvalue weighted by atomic mass is 9.96. The number of hydrogen-bond acceptors (Lipinski definition) is 3. The molecule has 1 aliphatic rings. The molecule has 20 heavy (non-hydrogen) atoms. The van der Waals surface area contributed by atoms with Crippen LogP contribution in [-0.2, 0) is 0 Å². The van der Waals surface area contributed by atoms with Crippen LogP contribution in [0, 0.1) is 0 Å². The third-order valence-electron chi connectivity index (χ3n) is 3.25. The molecule has 1 aromatic heterocycles. The van der Waals surface area contributed by atoms with Crippen LogP contribution in [0.25, 0.3) is 0 Å². The molecule has 1 aromatic carbocycles. The summed E-state index contributed by atoms with van der Waals surface area (Å²) in [6.07, 6.45) is 2.34. The highest BCUT2D eigenvalue weighted by atomic mass is 79.9. The highest BCUT2D eigenvalue weighted by molar-refractivity contribution is 9.11. The number of hydrogen-bond donors (Lipinski definition) is 1. The van der Waals surface area contributed by atoms with Crippen LogP contribution in [0.1, 0.15) is 29.8 Å². The molecule has 2 unspecified atom stereocenters. The highest BCUT2D eigenvalue weighted by Crippen LogP contribution is 2.42. The zero-order valence-electron chi connectivity index (χ0n) is 10.3. The van der Waals surface area contributed by atoms with Gasteiger partial charge in [-0.3, -0.25) is 4.98 Å².